The van der Waals surface area contributed by atoms with E-state index in [1.54, 1.807) is 0 Å². The van der Waals surface area contributed by atoms with E-state index in [-0.39, 0.29) is 18.1 Å². The molecular formula is C18H24N2O2. The van der Waals surface area contributed by atoms with Gasteiger partial charge in [0, 0.05) is 17.5 Å². The number of carbonyl (C=O) groups is 1. The molecule has 0 aliphatic carbocycles. The van der Waals surface area contributed by atoms with Crippen LogP contribution >= 0.6 is 0 Å². The molecule has 2 aromatic rings. The van der Waals surface area contributed by atoms with Gasteiger partial charge in [-0.2, -0.15) is 0 Å². The first-order valence-electron chi connectivity index (χ1n) is 7.74. The van der Waals surface area contributed by atoms with Crippen LogP contribution in [0.25, 0.3) is 10.8 Å². The fourth-order valence-corrected chi connectivity index (χ4v) is 2.29. The summed E-state index contributed by atoms with van der Waals surface area (Å²) >= 11 is 0. The lowest BCUT2D eigenvalue weighted by Crippen LogP contribution is -2.50. The van der Waals surface area contributed by atoms with Gasteiger partial charge in [-0.05, 0) is 24.3 Å². The number of benzene rings is 2. The van der Waals surface area contributed by atoms with E-state index in [0.29, 0.717) is 6.54 Å². The largest absolute Gasteiger partial charge is 0.483 e. The molecule has 0 heterocycles. The number of hydrogen-bond acceptors (Lipinski definition) is 3. The van der Waals surface area contributed by atoms with Gasteiger partial charge in [0.25, 0.3) is 5.91 Å². The van der Waals surface area contributed by atoms with Crippen molar-refractivity contribution < 1.29 is 9.53 Å². The average Bonchev–Trinajstić information content (AvgIpc) is 2.57. The Labute approximate surface area is 131 Å². The SMILES string of the molecule is CCC(N)(CC)CNC(=O)COc1cccc2ccccc12. The summed E-state index contributed by atoms with van der Waals surface area (Å²) in [7, 11) is 0. The molecule has 0 aliphatic rings. The zero-order chi connectivity index (χ0) is 16.0. The van der Waals surface area contributed by atoms with Crippen molar-refractivity contribution in [2.75, 3.05) is 13.2 Å². The van der Waals surface area contributed by atoms with Gasteiger partial charge in [0.1, 0.15) is 5.75 Å². The van der Waals surface area contributed by atoms with Crippen molar-refractivity contribution >= 4 is 16.7 Å². The Morgan fingerprint density at radius 3 is 2.55 bits per heavy atom. The van der Waals surface area contributed by atoms with Crippen molar-refractivity contribution in [3.8, 4) is 5.75 Å². The summed E-state index contributed by atoms with van der Waals surface area (Å²) in [4.78, 5) is 11.9. The van der Waals surface area contributed by atoms with Crippen LogP contribution in [0, 0.1) is 0 Å². The minimum atomic E-state index is -0.338. The molecule has 22 heavy (non-hydrogen) atoms. The van der Waals surface area contributed by atoms with Crippen molar-refractivity contribution in [1.82, 2.24) is 5.32 Å². The molecule has 0 fully saturated rings. The second-order valence-corrected chi connectivity index (χ2v) is 5.61. The summed E-state index contributed by atoms with van der Waals surface area (Å²) < 4.78 is 5.66. The van der Waals surface area contributed by atoms with Gasteiger partial charge in [0.2, 0.25) is 0 Å². The standard InChI is InChI=1S/C18H24N2O2/c1-3-18(19,4-2)13-20-17(21)12-22-16-11-7-9-14-8-5-6-10-15(14)16/h5-11H,3-4,12-13,19H2,1-2H3,(H,20,21). The van der Waals surface area contributed by atoms with Crippen molar-refractivity contribution in [3.05, 3.63) is 42.5 Å². The first kappa shape index (κ1) is 16.3. The number of nitrogens with one attached hydrogen (secondary N) is 1. The summed E-state index contributed by atoms with van der Waals surface area (Å²) in [5, 5.41) is 4.96. The second kappa shape index (κ2) is 7.27. The van der Waals surface area contributed by atoms with Gasteiger partial charge in [-0.1, -0.05) is 50.2 Å². The first-order valence-corrected chi connectivity index (χ1v) is 7.74. The maximum absolute atomic E-state index is 11.9. The zero-order valence-corrected chi connectivity index (χ0v) is 13.3. The fraction of sp³-hybridized carbons (Fsp3) is 0.389. The molecule has 0 atom stereocenters. The lowest BCUT2D eigenvalue weighted by Gasteiger charge is -2.26. The molecule has 1 amide bonds. The molecule has 2 rings (SSSR count). The molecule has 0 saturated carbocycles. The van der Waals surface area contributed by atoms with E-state index in [2.05, 4.69) is 5.32 Å². The summed E-state index contributed by atoms with van der Waals surface area (Å²) in [5.41, 5.74) is 5.83. The third kappa shape index (κ3) is 3.98. The molecular weight excluding hydrogens is 276 g/mol. The van der Waals surface area contributed by atoms with Gasteiger partial charge < -0.3 is 15.8 Å². The number of hydrogen-bond donors (Lipinski definition) is 2. The molecule has 0 bridgehead atoms. The van der Waals surface area contributed by atoms with Gasteiger partial charge in [0.15, 0.2) is 6.61 Å². The highest BCUT2D eigenvalue weighted by Gasteiger charge is 2.20. The molecule has 0 aromatic heterocycles. The molecule has 118 valence electrons. The normalized spacial score (nSPS) is 11.4. The van der Waals surface area contributed by atoms with Crippen LogP contribution in [0.3, 0.4) is 0 Å². The molecule has 0 saturated heterocycles. The summed E-state index contributed by atoms with van der Waals surface area (Å²) in [5.74, 6) is 0.572. The van der Waals surface area contributed by atoms with E-state index < -0.39 is 0 Å². The summed E-state index contributed by atoms with van der Waals surface area (Å²) in [6.45, 7) is 4.53. The van der Waals surface area contributed by atoms with Crippen molar-refractivity contribution in [1.29, 1.82) is 0 Å². The molecule has 4 heteroatoms. The van der Waals surface area contributed by atoms with Crippen LogP contribution in [-0.2, 0) is 4.79 Å². The molecule has 0 radical (unpaired) electrons. The highest BCUT2D eigenvalue weighted by molar-refractivity contribution is 5.88. The van der Waals surface area contributed by atoms with E-state index in [4.69, 9.17) is 10.5 Å². The van der Waals surface area contributed by atoms with Crippen LogP contribution in [0.15, 0.2) is 42.5 Å². The number of fused-ring (bicyclic) bond motifs is 1. The van der Waals surface area contributed by atoms with Crippen LogP contribution in [0.4, 0.5) is 0 Å². The number of carbonyl (C=O) groups excluding carboxylic acids is 1. The predicted octanol–water partition coefficient (Wildman–Crippen LogP) is 2.85. The molecule has 0 spiro atoms. The Bertz CT molecular complexity index is 631. The minimum absolute atomic E-state index is 0.00246. The lowest BCUT2D eigenvalue weighted by atomic mass is 9.94. The summed E-state index contributed by atoms with van der Waals surface area (Å²) in [6.07, 6.45) is 1.65. The van der Waals surface area contributed by atoms with Crippen molar-refractivity contribution in [2.24, 2.45) is 5.73 Å². The maximum atomic E-state index is 11.9. The van der Waals surface area contributed by atoms with E-state index in [0.717, 1.165) is 29.4 Å². The third-order valence-corrected chi connectivity index (χ3v) is 4.15. The van der Waals surface area contributed by atoms with Crippen LogP contribution in [-0.4, -0.2) is 24.6 Å². The zero-order valence-electron chi connectivity index (χ0n) is 13.3. The topological polar surface area (TPSA) is 64.3 Å². The highest BCUT2D eigenvalue weighted by atomic mass is 16.5. The van der Waals surface area contributed by atoms with Gasteiger partial charge >= 0.3 is 0 Å². The Morgan fingerprint density at radius 2 is 1.82 bits per heavy atom. The fourth-order valence-electron chi connectivity index (χ4n) is 2.29. The predicted molar refractivity (Wildman–Crippen MR) is 90.0 cm³/mol. The second-order valence-electron chi connectivity index (χ2n) is 5.61. The highest BCUT2D eigenvalue weighted by Crippen LogP contribution is 2.24. The van der Waals surface area contributed by atoms with Crippen molar-refractivity contribution in [3.63, 3.8) is 0 Å². The monoisotopic (exact) mass is 300 g/mol. The summed E-state index contributed by atoms with van der Waals surface area (Å²) in [6, 6.07) is 13.8. The average molecular weight is 300 g/mol. The van der Waals surface area contributed by atoms with Gasteiger partial charge in [0.05, 0.1) is 0 Å². The van der Waals surface area contributed by atoms with Gasteiger partial charge in [-0.3, -0.25) is 4.79 Å². The van der Waals surface area contributed by atoms with Gasteiger partial charge in [-0.25, -0.2) is 0 Å². The van der Waals surface area contributed by atoms with Gasteiger partial charge in [-0.15, -0.1) is 0 Å². The number of ether oxygens (including phenoxy) is 1. The lowest BCUT2D eigenvalue weighted by molar-refractivity contribution is -0.123. The van der Waals surface area contributed by atoms with Crippen LogP contribution in [0.1, 0.15) is 26.7 Å². The maximum Gasteiger partial charge on any atom is 0.258 e. The van der Waals surface area contributed by atoms with Crippen LogP contribution in [0.2, 0.25) is 0 Å². The molecule has 2 aromatic carbocycles. The quantitative estimate of drug-likeness (QED) is 0.826. The number of amides is 1. The van der Waals surface area contributed by atoms with E-state index in [1.165, 1.54) is 0 Å². The van der Waals surface area contributed by atoms with E-state index in [9.17, 15) is 4.79 Å². The number of nitrogens with two attached hydrogens (primary N) is 1. The van der Waals surface area contributed by atoms with Crippen LogP contribution < -0.4 is 15.8 Å². The van der Waals surface area contributed by atoms with Crippen molar-refractivity contribution in [2.45, 2.75) is 32.2 Å². The molecule has 0 aliphatic heterocycles. The molecule has 0 unspecified atom stereocenters. The third-order valence-electron chi connectivity index (χ3n) is 4.15. The van der Waals surface area contributed by atoms with E-state index in [1.807, 2.05) is 56.3 Å². The minimum Gasteiger partial charge on any atom is -0.483 e. The Morgan fingerprint density at radius 1 is 1.14 bits per heavy atom. The number of rotatable bonds is 7. The molecule has 4 nitrogen and oxygen atoms in total. The van der Waals surface area contributed by atoms with Crippen LogP contribution in [0.5, 0.6) is 5.75 Å². The first-order chi connectivity index (χ1) is 10.6. The molecule has 3 N–H and O–H groups in total. The Hall–Kier alpha value is -2.07. The van der Waals surface area contributed by atoms with E-state index >= 15 is 0 Å². The Balaban J connectivity index is 1.93. The Kier molecular flexibility index (Phi) is 5.39. The smallest absolute Gasteiger partial charge is 0.258 e.